The molecule has 1 atom stereocenters. The van der Waals surface area contributed by atoms with Crippen LogP contribution in [-0.4, -0.2) is 22.7 Å². The van der Waals surface area contributed by atoms with Crippen LogP contribution in [0.15, 0.2) is 164 Å². The predicted molar refractivity (Wildman–Crippen MR) is 226 cm³/mol. The number of hydrogen-bond acceptors (Lipinski definition) is 2. The van der Waals surface area contributed by atoms with Crippen LogP contribution in [-0.2, 0) is 12.0 Å². The van der Waals surface area contributed by atoms with Crippen LogP contribution in [0.3, 0.4) is 0 Å². The number of para-hydroxylation sites is 2. The molecule has 0 saturated heterocycles. The van der Waals surface area contributed by atoms with Gasteiger partial charge < -0.3 is 14.9 Å². The second-order valence-corrected chi connectivity index (χ2v) is 12.8. The molecule has 1 aliphatic rings. The fourth-order valence-electron chi connectivity index (χ4n) is 7.57. The van der Waals surface area contributed by atoms with Gasteiger partial charge in [0.05, 0.1) is 22.1 Å². The van der Waals surface area contributed by atoms with E-state index in [0.29, 0.717) is 6.54 Å². The third kappa shape index (κ3) is 6.48. The van der Waals surface area contributed by atoms with Gasteiger partial charge in [-0.25, -0.2) is 0 Å². The second-order valence-electron chi connectivity index (χ2n) is 12.8. The molecule has 0 spiro atoms. The van der Waals surface area contributed by atoms with Gasteiger partial charge in [0.2, 0.25) is 0 Å². The summed E-state index contributed by atoms with van der Waals surface area (Å²) in [6.45, 7) is 14.8. The Balaban J connectivity index is 0.00000112. The van der Waals surface area contributed by atoms with E-state index in [1.165, 1.54) is 67.8 Å². The summed E-state index contributed by atoms with van der Waals surface area (Å²) in [6.07, 6.45) is 12.5. The average molecular weight is 683 g/mol. The molecule has 8 rings (SSSR count). The lowest BCUT2D eigenvalue weighted by Gasteiger charge is -2.33. The van der Waals surface area contributed by atoms with E-state index in [1.807, 2.05) is 32.1 Å². The van der Waals surface area contributed by atoms with Gasteiger partial charge in [0.1, 0.15) is 0 Å². The minimum absolute atomic E-state index is 0.450. The highest BCUT2D eigenvalue weighted by atomic mass is 15.0. The summed E-state index contributed by atoms with van der Waals surface area (Å²) in [5.41, 5.74) is 16.2. The number of benzene rings is 5. The Bertz CT molecular complexity index is 2400. The fraction of sp³-hybridized carbons (Fsp3) is 0.167. The molecule has 4 nitrogen and oxygen atoms in total. The van der Waals surface area contributed by atoms with Crippen molar-refractivity contribution in [3.63, 3.8) is 0 Å². The van der Waals surface area contributed by atoms with E-state index >= 15 is 0 Å². The number of nitrogens with zero attached hydrogens (tertiary/aromatic N) is 2. The Labute approximate surface area is 308 Å². The smallest absolute Gasteiger partial charge is 0.0665 e. The first-order valence-electron chi connectivity index (χ1n) is 18.4. The van der Waals surface area contributed by atoms with Gasteiger partial charge in [-0.15, -0.1) is 0 Å². The summed E-state index contributed by atoms with van der Waals surface area (Å²) in [4.78, 5) is 0. The Morgan fingerprint density at radius 2 is 1.35 bits per heavy atom. The maximum atomic E-state index is 4.50. The molecule has 0 fully saturated rings. The number of nitrogens with two attached hydrogens (primary N) is 1. The van der Waals surface area contributed by atoms with Crippen molar-refractivity contribution in [2.45, 2.75) is 39.2 Å². The molecule has 1 aliphatic carbocycles. The lowest BCUT2D eigenvalue weighted by atomic mass is 9.84. The molecule has 2 aromatic heterocycles. The van der Waals surface area contributed by atoms with Gasteiger partial charge in [-0.2, -0.15) is 0 Å². The first-order valence-corrected chi connectivity index (χ1v) is 18.4. The molecule has 0 aliphatic heterocycles. The van der Waals surface area contributed by atoms with Crippen LogP contribution in [0, 0.1) is 0 Å². The van der Waals surface area contributed by atoms with Gasteiger partial charge in [0.25, 0.3) is 0 Å². The zero-order chi connectivity index (χ0) is 36.7. The van der Waals surface area contributed by atoms with Crippen molar-refractivity contribution in [2.24, 2.45) is 5.73 Å². The maximum absolute atomic E-state index is 4.50. The van der Waals surface area contributed by atoms with Gasteiger partial charge in [-0.1, -0.05) is 130 Å². The largest absolute Gasteiger partial charge is 0.333 e. The van der Waals surface area contributed by atoms with E-state index in [4.69, 9.17) is 0 Å². The third-order valence-corrected chi connectivity index (χ3v) is 10.0. The number of hydrogen-bond donors (Lipinski definition) is 2. The maximum Gasteiger partial charge on any atom is 0.0665 e. The van der Waals surface area contributed by atoms with Crippen LogP contribution in [0.25, 0.3) is 50.2 Å². The van der Waals surface area contributed by atoms with E-state index in [1.54, 1.807) is 0 Å². The SMILES string of the molecule is C=C/C=C(\C=C)CNC(C)(c1ccccc1)c1cccc(-n2c3ccccc3c3cc(-n4c5c(c6ccccc64)CCC=C5)ccc32)c1.CC.CN. The minimum Gasteiger partial charge on any atom is -0.333 e. The molecule has 2 heterocycles. The topological polar surface area (TPSA) is 47.9 Å². The van der Waals surface area contributed by atoms with Crippen molar-refractivity contribution in [3.05, 3.63) is 187 Å². The number of rotatable bonds is 9. The molecule has 3 N–H and O–H groups in total. The Kier molecular flexibility index (Phi) is 11.2. The minimum atomic E-state index is -0.450. The van der Waals surface area contributed by atoms with Gasteiger partial charge in [-0.05, 0) is 97.6 Å². The van der Waals surface area contributed by atoms with Crippen molar-refractivity contribution in [1.29, 1.82) is 0 Å². The highest BCUT2D eigenvalue weighted by Gasteiger charge is 2.29. The molecule has 52 heavy (non-hydrogen) atoms. The summed E-state index contributed by atoms with van der Waals surface area (Å²) in [7, 11) is 1.50. The van der Waals surface area contributed by atoms with Crippen LogP contribution < -0.4 is 11.1 Å². The fourth-order valence-corrected chi connectivity index (χ4v) is 7.57. The van der Waals surface area contributed by atoms with Gasteiger partial charge in [-0.3, -0.25) is 5.32 Å². The van der Waals surface area contributed by atoms with Crippen LogP contribution in [0.5, 0.6) is 0 Å². The lowest BCUT2D eigenvalue weighted by Crippen LogP contribution is -2.41. The van der Waals surface area contributed by atoms with Crippen molar-refractivity contribution < 1.29 is 0 Å². The molecular formula is C48H50N4. The summed E-state index contributed by atoms with van der Waals surface area (Å²) >= 11 is 0. The lowest BCUT2D eigenvalue weighted by molar-refractivity contribution is 0.459. The summed E-state index contributed by atoms with van der Waals surface area (Å²) in [6, 6.07) is 44.2. The van der Waals surface area contributed by atoms with Crippen molar-refractivity contribution in [2.75, 3.05) is 13.6 Å². The molecule has 0 saturated carbocycles. The molecule has 0 radical (unpaired) electrons. The zero-order valence-corrected chi connectivity index (χ0v) is 30.9. The highest BCUT2D eigenvalue weighted by Crippen LogP contribution is 2.38. The predicted octanol–water partition coefficient (Wildman–Crippen LogP) is 11.4. The normalized spacial score (nSPS) is 13.4. The summed E-state index contributed by atoms with van der Waals surface area (Å²) < 4.78 is 4.86. The second kappa shape index (κ2) is 16.1. The van der Waals surface area contributed by atoms with Crippen LogP contribution in [0.1, 0.15) is 49.6 Å². The average Bonchev–Trinajstić information content (AvgIpc) is 3.74. The standard InChI is InChI=1S/C45H39N3.C2H6.CH5N/c1-4-16-32(5-2)31-46-45(3,33-17-7-6-8-18-33)34-19-15-20-35(29-34)47-43-26-14-11-23-39(43)40-30-36(27-28-44(40)47)48-41-24-12-9-21-37(41)38-22-10-13-25-42(38)48;2*1-2/h4-9,11-21,23-30,46H,1-2,10,22,31H2,3H3;1-2H3;2H2,1H3/b32-16+;;. The van der Waals surface area contributed by atoms with Crippen molar-refractivity contribution in [3.8, 4) is 11.4 Å². The van der Waals surface area contributed by atoms with Crippen molar-refractivity contribution >= 4 is 38.8 Å². The molecular weight excluding hydrogens is 633 g/mol. The Morgan fingerprint density at radius 1 is 0.712 bits per heavy atom. The van der Waals surface area contributed by atoms with Crippen LogP contribution in [0.4, 0.5) is 0 Å². The van der Waals surface area contributed by atoms with Crippen LogP contribution >= 0.6 is 0 Å². The molecule has 4 heteroatoms. The quantitative estimate of drug-likeness (QED) is 0.149. The monoisotopic (exact) mass is 682 g/mol. The van der Waals surface area contributed by atoms with E-state index in [0.717, 1.165) is 24.1 Å². The Morgan fingerprint density at radius 3 is 2.08 bits per heavy atom. The van der Waals surface area contributed by atoms with E-state index in [9.17, 15) is 0 Å². The highest BCUT2D eigenvalue weighted by molar-refractivity contribution is 6.10. The molecule has 5 aromatic carbocycles. The number of fused-ring (bicyclic) bond motifs is 6. The molecule has 7 aromatic rings. The number of aromatic nitrogens is 2. The zero-order valence-electron chi connectivity index (χ0n) is 30.9. The molecule has 0 amide bonds. The summed E-state index contributed by atoms with van der Waals surface area (Å²) in [5.74, 6) is 0. The van der Waals surface area contributed by atoms with Crippen molar-refractivity contribution in [1.82, 2.24) is 14.5 Å². The number of nitrogens with one attached hydrogen (secondary N) is 1. The summed E-state index contributed by atoms with van der Waals surface area (Å²) in [5, 5.41) is 7.71. The molecule has 0 bridgehead atoms. The van der Waals surface area contributed by atoms with Gasteiger partial charge in [0.15, 0.2) is 0 Å². The Hall–Kier alpha value is -5.68. The number of aryl methyl sites for hydroxylation is 1. The third-order valence-electron chi connectivity index (χ3n) is 10.0. The molecule has 262 valence electrons. The molecule has 1 unspecified atom stereocenters. The van der Waals surface area contributed by atoms with Gasteiger partial charge in [0, 0.05) is 39.8 Å². The first kappa shape index (κ1) is 36.1. The number of allylic oxidation sites excluding steroid dienone is 3. The van der Waals surface area contributed by atoms with Gasteiger partial charge >= 0.3 is 0 Å². The van der Waals surface area contributed by atoms with Crippen LogP contribution in [0.2, 0.25) is 0 Å². The van der Waals surface area contributed by atoms with E-state index in [2.05, 4.69) is 174 Å². The first-order chi connectivity index (χ1) is 25.6. The van der Waals surface area contributed by atoms with E-state index < -0.39 is 5.54 Å². The van der Waals surface area contributed by atoms with E-state index in [-0.39, 0.29) is 0 Å².